The molecule has 0 atom stereocenters. The first-order valence-electron chi connectivity index (χ1n) is 10.7. The number of benzene rings is 1. The van der Waals surface area contributed by atoms with Crippen LogP contribution in [-0.4, -0.2) is 47.0 Å². The van der Waals surface area contributed by atoms with Gasteiger partial charge in [-0.05, 0) is 49.2 Å². The zero-order valence-corrected chi connectivity index (χ0v) is 19.3. The van der Waals surface area contributed by atoms with E-state index in [-0.39, 0.29) is 30.4 Å². The van der Waals surface area contributed by atoms with Crippen LogP contribution in [0.5, 0.6) is 5.75 Å². The van der Waals surface area contributed by atoms with E-state index in [1.54, 1.807) is 27.2 Å². The van der Waals surface area contributed by atoms with Gasteiger partial charge < -0.3 is 19.4 Å². The molecule has 0 saturated carbocycles. The minimum absolute atomic E-state index is 0.187. The van der Waals surface area contributed by atoms with E-state index >= 15 is 0 Å². The number of pyridine rings is 1. The van der Waals surface area contributed by atoms with E-state index in [1.807, 2.05) is 19.9 Å². The van der Waals surface area contributed by atoms with Crippen LogP contribution in [0.25, 0.3) is 16.6 Å². The summed E-state index contributed by atoms with van der Waals surface area (Å²) in [6.07, 6.45) is 3.12. The fraction of sp³-hybridized carbons (Fsp3) is 0.320. The third-order valence-electron chi connectivity index (χ3n) is 5.82. The van der Waals surface area contributed by atoms with Crippen LogP contribution in [0.15, 0.2) is 36.7 Å². The first-order chi connectivity index (χ1) is 15.7. The predicted molar refractivity (Wildman–Crippen MR) is 122 cm³/mol. The number of aromatic nitrogens is 2. The molecule has 0 saturated heterocycles. The molecule has 172 valence electrons. The average Bonchev–Trinajstić information content (AvgIpc) is 3.11. The van der Waals surface area contributed by atoms with Crippen molar-refractivity contribution >= 4 is 28.5 Å². The molecule has 8 heteroatoms. The number of methoxy groups -OCH3 is 1. The number of rotatable bonds is 4. The van der Waals surface area contributed by atoms with Gasteiger partial charge in [-0.1, -0.05) is 13.8 Å². The number of aromatic amines is 1. The number of ether oxygens (including phenoxy) is 2. The second kappa shape index (κ2) is 8.35. The third-order valence-corrected chi connectivity index (χ3v) is 5.82. The summed E-state index contributed by atoms with van der Waals surface area (Å²) in [5.41, 5.74) is 2.37. The molecular weight excluding hydrogens is 425 g/mol. The average molecular weight is 451 g/mol. The summed E-state index contributed by atoms with van der Waals surface area (Å²) in [5, 5.41) is 0.802. The van der Waals surface area contributed by atoms with Crippen molar-refractivity contribution in [3.63, 3.8) is 0 Å². The lowest BCUT2D eigenvalue weighted by Crippen LogP contribution is -2.37. The maximum atomic E-state index is 13.8. The summed E-state index contributed by atoms with van der Waals surface area (Å²) in [7, 11) is 1.56. The number of hydrogen-bond acceptors (Lipinski definition) is 5. The van der Waals surface area contributed by atoms with Crippen molar-refractivity contribution in [2.24, 2.45) is 0 Å². The van der Waals surface area contributed by atoms with E-state index < -0.39 is 11.4 Å². The highest BCUT2D eigenvalue weighted by Gasteiger charge is 2.38. The molecule has 2 aromatic heterocycles. The number of carbonyl (C=O) groups excluding carboxylic acids is 2. The van der Waals surface area contributed by atoms with Crippen LogP contribution in [-0.2, 0) is 14.9 Å². The molecule has 1 aliphatic heterocycles. The highest BCUT2D eigenvalue weighted by molar-refractivity contribution is 6.18. The molecule has 0 aliphatic carbocycles. The Hall–Kier alpha value is -3.68. The van der Waals surface area contributed by atoms with E-state index in [0.717, 1.165) is 10.9 Å². The predicted octanol–water partition coefficient (Wildman–Crippen LogP) is 4.36. The van der Waals surface area contributed by atoms with Crippen LogP contribution in [0.2, 0.25) is 0 Å². The maximum Gasteiger partial charge on any atom is 0.341 e. The fourth-order valence-corrected chi connectivity index (χ4v) is 4.28. The van der Waals surface area contributed by atoms with Gasteiger partial charge in [-0.2, -0.15) is 0 Å². The zero-order valence-electron chi connectivity index (χ0n) is 19.3. The molecule has 33 heavy (non-hydrogen) atoms. The quantitative estimate of drug-likeness (QED) is 0.596. The maximum absolute atomic E-state index is 13.8. The van der Waals surface area contributed by atoms with Crippen LogP contribution in [0.3, 0.4) is 0 Å². The second-order valence-corrected chi connectivity index (χ2v) is 8.69. The van der Waals surface area contributed by atoms with Gasteiger partial charge in [-0.25, -0.2) is 14.2 Å². The molecule has 0 spiro atoms. The number of nitrogens with one attached hydrogen (secondary N) is 1. The smallest absolute Gasteiger partial charge is 0.341 e. The Morgan fingerprint density at radius 3 is 2.70 bits per heavy atom. The number of esters is 1. The number of fused-ring (bicyclic) bond motifs is 3. The lowest BCUT2D eigenvalue weighted by molar-refractivity contribution is -0.136. The molecule has 0 radical (unpaired) electrons. The van der Waals surface area contributed by atoms with Crippen LogP contribution in [0.4, 0.5) is 4.39 Å². The van der Waals surface area contributed by atoms with Crippen molar-refractivity contribution in [2.45, 2.75) is 33.1 Å². The molecule has 0 fully saturated rings. The Balaban J connectivity index is 1.90. The SMILES string of the molecule is CCOC(=O)C1=CN(C(=O)c2ccc(F)c(C)c2)CC(C)(C)c2c1[nH]c1ncc(OC)cc21. The van der Waals surface area contributed by atoms with E-state index in [2.05, 4.69) is 9.97 Å². The van der Waals surface area contributed by atoms with E-state index in [4.69, 9.17) is 9.47 Å². The highest BCUT2D eigenvalue weighted by Crippen LogP contribution is 2.41. The summed E-state index contributed by atoms with van der Waals surface area (Å²) in [5.74, 6) is -0.685. The molecule has 7 nitrogen and oxygen atoms in total. The standard InChI is InChI=1S/C25H26FN3O4/c1-6-33-24(31)18-12-29(23(30)15-7-8-19(26)14(2)9-15)13-25(3,4)20-17-10-16(32-5)11-27-22(17)28-21(18)20/h7-12H,6,13H2,1-5H3,(H,27,28). The number of aryl methyl sites for hydroxylation is 1. The van der Waals surface area contributed by atoms with Crippen molar-refractivity contribution in [3.05, 3.63) is 64.9 Å². The van der Waals surface area contributed by atoms with Crippen molar-refractivity contribution < 1.29 is 23.5 Å². The Kier molecular flexibility index (Phi) is 5.69. The summed E-state index contributed by atoms with van der Waals surface area (Å²) >= 11 is 0. The molecule has 1 amide bonds. The molecule has 1 aromatic carbocycles. The minimum Gasteiger partial charge on any atom is -0.495 e. The van der Waals surface area contributed by atoms with Crippen LogP contribution >= 0.6 is 0 Å². The summed E-state index contributed by atoms with van der Waals surface area (Å²) in [4.78, 5) is 35.6. The van der Waals surface area contributed by atoms with Gasteiger partial charge in [-0.3, -0.25) is 4.79 Å². The van der Waals surface area contributed by atoms with Gasteiger partial charge in [0.1, 0.15) is 17.2 Å². The zero-order chi connectivity index (χ0) is 23.9. The Bertz CT molecular complexity index is 1290. The highest BCUT2D eigenvalue weighted by atomic mass is 19.1. The third kappa shape index (κ3) is 3.97. The number of hydrogen-bond donors (Lipinski definition) is 1. The molecule has 3 aromatic rings. The Morgan fingerprint density at radius 1 is 1.27 bits per heavy atom. The summed E-state index contributed by atoms with van der Waals surface area (Å²) in [6, 6.07) is 6.10. The van der Waals surface area contributed by atoms with Gasteiger partial charge in [-0.15, -0.1) is 0 Å². The van der Waals surface area contributed by atoms with Crippen molar-refractivity contribution in [1.29, 1.82) is 0 Å². The second-order valence-electron chi connectivity index (χ2n) is 8.69. The van der Waals surface area contributed by atoms with Crippen molar-refractivity contribution in [2.75, 3.05) is 20.3 Å². The molecule has 3 heterocycles. The molecular formula is C25H26FN3O4. The summed E-state index contributed by atoms with van der Waals surface area (Å²) in [6.45, 7) is 7.79. The molecule has 4 rings (SSSR count). The van der Waals surface area contributed by atoms with Gasteiger partial charge in [0.25, 0.3) is 5.91 Å². The molecule has 1 N–H and O–H groups in total. The number of H-pyrrole nitrogens is 1. The van der Waals surface area contributed by atoms with Crippen molar-refractivity contribution in [1.82, 2.24) is 14.9 Å². The van der Waals surface area contributed by atoms with Gasteiger partial charge in [0, 0.05) is 29.1 Å². The van der Waals surface area contributed by atoms with Crippen LogP contribution in [0, 0.1) is 12.7 Å². The summed E-state index contributed by atoms with van der Waals surface area (Å²) < 4.78 is 24.4. The van der Waals surface area contributed by atoms with E-state index in [0.29, 0.717) is 28.2 Å². The molecule has 0 unspecified atom stereocenters. The van der Waals surface area contributed by atoms with Gasteiger partial charge in [0.15, 0.2) is 0 Å². The molecule has 0 bridgehead atoms. The van der Waals surface area contributed by atoms with Gasteiger partial charge in [0.05, 0.1) is 31.2 Å². The number of halogens is 1. The fourth-order valence-electron chi connectivity index (χ4n) is 4.28. The van der Waals surface area contributed by atoms with Crippen molar-refractivity contribution in [3.8, 4) is 5.75 Å². The van der Waals surface area contributed by atoms with E-state index in [9.17, 15) is 14.0 Å². The van der Waals surface area contributed by atoms with E-state index in [1.165, 1.54) is 29.3 Å². The first kappa shape index (κ1) is 22.5. The minimum atomic E-state index is -0.572. The number of amides is 1. The molecule has 1 aliphatic rings. The largest absolute Gasteiger partial charge is 0.495 e. The number of nitrogens with zero attached hydrogens (tertiary/aromatic N) is 2. The normalized spacial score (nSPS) is 15.0. The van der Waals surface area contributed by atoms with Crippen LogP contribution < -0.4 is 4.74 Å². The first-order valence-corrected chi connectivity index (χ1v) is 10.7. The number of carbonyl (C=O) groups is 2. The lowest BCUT2D eigenvalue weighted by atomic mass is 9.82. The Labute approximate surface area is 191 Å². The van der Waals surface area contributed by atoms with Gasteiger partial charge in [0.2, 0.25) is 0 Å². The monoisotopic (exact) mass is 451 g/mol. The topological polar surface area (TPSA) is 84.5 Å². The van der Waals surface area contributed by atoms with Gasteiger partial charge >= 0.3 is 5.97 Å². The lowest BCUT2D eigenvalue weighted by Gasteiger charge is -2.29. The Morgan fingerprint density at radius 2 is 2.03 bits per heavy atom. The van der Waals surface area contributed by atoms with Crippen LogP contribution in [0.1, 0.15) is 48.0 Å².